The normalized spacial score (nSPS) is 10.2. The second-order valence-corrected chi connectivity index (χ2v) is 6.02. The molecule has 0 atom stereocenters. The highest BCUT2D eigenvalue weighted by atomic mass is 16.5. The zero-order chi connectivity index (χ0) is 18.5. The van der Waals surface area contributed by atoms with Crippen molar-refractivity contribution in [2.45, 2.75) is 0 Å². The van der Waals surface area contributed by atoms with E-state index in [1.807, 2.05) is 37.2 Å². The Labute approximate surface area is 152 Å². The van der Waals surface area contributed by atoms with Gasteiger partial charge in [0, 0.05) is 37.1 Å². The van der Waals surface area contributed by atoms with Gasteiger partial charge < -0.3 is 20.1 Å². The smallest absolute Gasteiger partial charge is 0.255 e. The molecule has 0 saturated carbocycles. The predicted molar refractivity (Wildman–Crippen MR) is 103 cm³/mol. The van der Waals surface area contributed by atoms with Gasteiger partial charge in [-0.05, 0) is 54.6 Å². The summed E-state index contributed by atoms with van der Waals surface area (Å²) in [6.07, 6.45) is 0. The van der Waals surface area contributed by atoms with Crippen LogP contribution in [0.15, 0.2) is 72.8 Å². The molecule has 0 spiro atoms. The summed E-state index contributed by atoms with van der Waals surface area (Å²) in [6.45, 7) is 0. The maximum atomic E-state index is 12.4. The molecule has 2 N–H and O–H groups in total. The monoisotopic (exact) mass is 348 g/mol. The van der Waals surface area contributed by atoms with Crippen LogP contribution >= 0.6 is 0 Å². The van der Waals surface area contributed by atoms with Crippen LogP contribution in [-0.2, 0) is 0 Å². The third-order valence-electron chi connectivity index (χ3n) is 3.79. The highest BCUT2D eigenvalue weighted by molar-refractivity contribution is 6.04. The van der Waals surface area contributed by atoms with Gasteiger partial charge in [0.25, 0.3) is 5.91 Å². The lowest BCUT2D eigenvalue weighted by Gasteiger charge is -2.13. The quantitative estimate of drug-likeness (QED) is 0.712. The van der Waals surface area contributed by atoms with Gasteiger partial charge in [0.2, 0.25) is 0 Å². The van der Waals surface area contributed by atoms with Crippen LogP contribution in [0.1, 0.15) is 10.4 Å². The molecule has 0 radical (unpaired) electrons. The van der Waals surface area contributed by atoms with Gasteiger partial charge >= 0.3 is 0 Å². The van der Waals surface area contributed by atoms with Gasteiger partial charge in [-0.25, -0.2) is 0 Å². The van der Waals surface area contributed by atoms with Crippen molar-refractivity contribution < 1.29 is 14.6 Å². The van der Waals surface area contributed by atoms with E-state index in [1.165, 1.54) is 6.07 Å². The van der Waals surface area contributed by atoms with Crippen molar-refractivity contribution in [3.8, 4) is 17.2 Å². The standard InChI is InChI=1S/C21H20N2O3/c1-23(2)17-6-3-5-15(13-17)21(25)22-16-9-11-19(12-10-16)26-20-8-4-7-18(24)14-20/h3-14,24H,1-2H3,(H,22,25). The summed E-state index contributed by atoms with van der Waals surface area (Å²) in [5, 5.41) is 12.3. The maximum absolute atomic E-state index is 12.4. The fraction of sp³-hybridized carbons (Fsp3) is 0.0952. The number of ether oxygens (including phenoxy) is 1. The number of phenols is 1. The predicted octanol–water partition coefficient (Wildman–Crippen LogP) is 4.50. The number of rotatable bonds is 5. The Bertz CT molecular complexity index is 905. The van der Waals surface area contributed by atoms with Crippen molar-refractivity contribution in [2.75, 3.05) is 24.3 Å². The summed E-state index contributed by atoms with van der Waals surface area (Å²) >= 11 is 0. The Balaban J connectivity index is 1.67. The molecule has 0 aliphatic heterocycles. The van der Waals surface area contributed by atoms with Crippen LogP contribution in [0.4, 0.5) is 11.4 Å². The van der Waals surface area contributed by atoms with Gasteiger partial charge in [0.15, 0.2) is 0 Å². The van der Waals surface area contributed by atoms with Gasteiger partial charge in [0.1, 0.15) is 17.2 Å². The SMILES string of the molecule is CN(C)c1cccc(C(=O)Nc2ccc(Oc3cccc(O)c3)cc2)c1. The Morgan fingerprint density at radius 3 is 2.35 bits per heavy atom. The molecule has 0 aliphatic rings. The first-order valence-corrected chi connectivity index (χ1v) is 8.17. The van der Waals surface area contributed by atoms with E-state index in [0.717, 1.165) is 5.69 Å². The van der Waals surface area contributed by atoms with Crippen molar-refractivity contribution in [3.63, 3.8) is 0 Å². The molecule has 0 saturated heterocycles. The summed E-state index contributed by atoms with van der Waals surface area (Å²) < 4.78 is 5.67. The number of phenolic OH excluding ortho intramolecular Hbond substituents is 1. The Kier molecular flexibility index (Phi) is 5.08. The first-order valence-electron chi connectivity index (χ1n) is 8.17. The van der Waals surface area contributed by atoms with E-state index in [0.29, 0.717) is 22.7 Å². The van der Waals surface area contributed by atoms with Crippen LogP contribution in [0.5, 0.6) is 17.2 Å². The zero-order valence-electron chi connectivity index (χ0n) is 14.6. The van der Waals surface area contributed by atoms with Crippen LogP contribution in [0, 0.1) is 0 Å². The first kappa shape index (κ1) is 17.4. The second kappa shape index (κ2) is 7.61. The molecule has 0 aromatic heterocycles. The zero-order valence-corrected chi connectivity index (χ0v) is 14.6. The minimum Gasteiger partial charge on any atom is -0.508 e. The van der Waals surface area contributed by atoms with Crippen molar-refractivity contribution in [3.05, 3.63) is 78.4 Å². The number of anilines is 2. The molecule has 0 unspecified atom stereocenters. The lowest BCUT2D eigenvalue weighted by molar-refractivity contribution is 0.102. The molecule has 0 aliphatic carbocycles. The van der Waals surface area contributed by atoms with Crippen molar-refractivity contribution in [1.29, 1.82) is 0 Å². The Hall–Kier alpha value is -3.47. The topological polar surface area (TPSA) is 61.8 Å². The van der Waals surface area contributed by atoms with Crippen LogP contribution in [0.25, 0.3) is 0 Å². The lowest BCUT2D eigenvalue weighted by Crippen LogP contribution is -2.14. The van der Waals surface area contributed by atoms with Crippen molar-refractivity contribution in [2.24, 2.45) is 0 Å². The molecule has 0 bridgehead atoms. The number of carbonyl (C=O) groups is 1. The molecular weight excluding hydrogens is 328 g/mol. The number of amides is 1. The number of benzene rings is 3. The molecule has 0 fully saturated rings. The largest absolute Gasteiger partial charge is 0.508 e. The van der Waals surface area contributed by atoms with E-state index >= 15 is 0 Å². The molecule has 26 heavy (non-hydrogen) atoms. The molecule has 3 rings (SSSR count). The van der Waals surface area contributed by atoms with Gasteiger partial charge in [-0.2, -0.15) is 0 Å². The maximum Gasteiger partial charge on any atom is 0.255 e. The van der Waals surface area contributed by atoms with E-state index in [1.54, 1.807) is 48.5 Å². The molecule has 3 aromatic rings. The molecule has 132 valence electrons. The van der Waals surface area contributed by atoms with Crippen LogP contribution < -0.4 is 15.0 Å². The minimum atomic E-state index is -0.171. The van der Waals surface area contributed by atoms with E-state index in [2.05, 4.69) is 5.32 Å². The summed E-state index contributed by atoms with van der Waals surface area (Å²) in [7, 11) is 3.87. The molecule has 5 heteroatoms. The van der Waals surface area contributed by atoms with Gasteiger partial charge in [-0.3, -0.25) is 4.79 Å². The average Bonchev–Trinajstić information content (AvgIpc) is 2.63. The number of aromatic hydroxyl groups is 1. The number of carbonyl (C=O) groups excluding carboxylic acids is 1. The molecular formula is C21H20N2O3. The van der Waals surface area contributed by atoms with Crippen LogP contribution in [0.2, 0.25) is 0 Å². The van der Waals surface area contributed by atoms with E-state index in [4.69, 9.17) is 4.74 Å². The molecule has 3 aromatic carbocycles. The summed E-state index contributed by atoms with van der Waals surface area (Å²) in [6, 6.07) is 21.1. The van der Waals surface area contributed by atoms with Gasteiger partial charge in [-0.1, -0.05) is 12.1 Å². The third kappa shape index (κ3) is 4.33. The lowest BCUT2D eigenvalue weighted by atomic mass is 10.1. The summed E-state index contributed by atoms with van der Waals surface area (Å²) in [5.74, 6) is 1.13. The third-order valence-corrected chi connectivity index (χ3v) is 3.79. The fourth-order valence-electron chi connectivity index (χ4n) is 2.42. The van der Waals surface area contributed by atoms with Crippen LogP contribution in [0.3, 0.4) is 0 Å². The summed E-state index contributed by atoms with van der Waals surface area (Å²) in [4.78, 5) is 14.4. The second-order valence-electron chi connectivity index (χ2n) is 6.02. The number of nitrogens with one attached hydrogen (secondary N) is 1. The van der Waals surface area contributed by atoms with E-state index < -0.39 is 0 Å². The van der Waals surface area contributed by atoms with E-state index in [-0.39, 0.29) is 11.7 Å². The van der Waals surface area contributed by atoms with Gasteiger partial charge in [-0.15, -0.1) is 0 Å². The van der Waals surface area contributed by atoms with Crippen molar-refractivity contribution >= 4 is 17.3 Å². The number of nitrogens with zero attached hydrogens (tertiary/aromatic N) is 1. The molecule has 1 amide bonds. The number of hydrogen-bond acceptors (Lipinski definition) is 4. The minimum absolute atomic E-state index is 0.145. The highest BCUT2D eigenvalue weighted by Gasteiger charge is 2.08. The van der Waals surface area contributed by atoms with Gasteiger partial charge in [0.05, 0.1) is 0 Å². The van der Waals surface area contributed by atoms with Crippen LogP contribution in [-0.4, -0.2) is 25.1 Å². The summed E-state index contributed by atoms with van der Waals surface area (Å²) in [5.41, 5.74) is 2.23. The Morgan fingerprint density at radius 1 is 0.923 bits per heavy atom. The van der Waals surface area contributed by atoms with Crippen molar-refractivity contribution in [1.82, 2.24) is 0 Å². The molecule has 0 heterocycles. The Morgan fingerprint density at radius 2 is 1.65 bits per heavy atom. The number of hydrogen-bond donors (Lipinski definition) is 2. The average molecular weight is 348 g/mol. The fourth-order valence-corrected chi connectivity index (χ4v) is 2.42. The first-order chi connectivity index (χ1) is 12.5. The van der Waals surface area contributed by atoms with E-state index in [9.17, 15) is 9.90 Å². The highest BCUT2D eigenvalue weighted by Crippen LogP contribution is 2.26. The molecule has 5 nitrogen and oxygen atoms in total.